The van der Waals surface area contributed by atoms with Gasteiger partial charge in [0.05, 0.1) is 7.11 Å². The number of alkyl halides is 7. The molecule has 0 unspecified atom stereocenters. The van der Waals surface area contributed by atoms with Crippen LogP contribution in [0.2, 0.25) is 0 Å². The highest BCUT2D eigenvalue weighted by molar-refractivity contribution is 5.70. The van der Waals surface area contributed by atoms with Crippen LogP contribution in [-0.2, 0) is 9.53 Å². The van der Waals surface area contributed by atoms with Gasteiger partial charge in [0.25, 0.3) is 0 Å². The Balaban J connectivity index is 5.42. The number of hydrogen-bond donors (Lipinski definition) is 2. The molecule has 0 aromatic heterocycles. The van der Waals surface area contributed by atoms with Crippen molar-refractivity contribution in [3.63, 3.8) is 0 Å². The summed E-state index contributed by atoms with van der Waals surface area (Å²) in [5, 5.41) is 17.1. The second-order valence-electron chi connectivity index (χ2n) is 3.22. The molecular formula is C7H7F7O4. The molecule has 0 saturated carbocycles. The van der Waals surface area contributed by atoms with Gasteiger partial charge in [-0.3, -0.25) is 4.79 Å². The highest BCUT2D eigenvalue weighted by Gasteiger charge is 2.80. The lowest BCUT2D eigenvalue weighted by atomic mass is 9.98. The Morgan fingerprint density at radius 3 is 1.67 bits per heavy atom. The van der Waals surface area contributed by atoms with Crippen molar-refractivity contribution in [2.75, 3.05) is 7.11 Å². The number of halogens is 7. The number of esters is 1. The molecule has 11 heteroatoms. The summed E-state index contributed by atoms with van der Waals surface area (Å²) in [7, 11) is 0.582. The first-order valence-corrected chi connectivity index (χ1v) is 4.04. The number of ether oxygens (including phenoxy) is 1. The van der Waals surface area contributed by atoms with Gasteiger partial charge < -0.3 is 14.9 Å². The lowest BCUT2D eigenvalue weighted by Crippen LogP contribution is -2.64. The number of hydrogen-bond acceptors (Lipinski definition) is 4. The largest absolute Gasteiger partial charge is 0.469 e. The third-order valence-electron chi connectivity index (χ3n) is 1.87. The van der Waals surface area contributed by atoms with E-state index in [1.54, 1.807) is 0 Å². The third-order valence-corrected chi connectivity index (χ3v) is 1.87. The first kappa shape index (κ1) is 16.9. The van der Waals surface area contributed by atoms with Gasteiger partial charge in [0, 0.05) is 0 Å². The number of rotatable bonds is 4. The molecule has 0 radical (unpaired) electrons. The van der Waals surface area contributed by atoms with E-state index in [0.29, 0.717) is 7.11 Å². The van der Waals surface area contributed by atoms with E-state index < -0.39 is 36.2 Å². The minimum Gasteiger partial charge on any atom is -0.469 e. The van der Waals surface area contributed by atoms with E-state index in [1.807, 2.05) is 0 Å². The highest BCUT2D eigenvalue weighted by atomic mass is 19.4. The van der Waals surface area contributed by atoms with E-state index in [-0.39, 0.29) is 0 Å². The van der Waals surface area contributed by atoms with Crippen molar-refractivity contribution >= 4 is 5.97 Å². The summed E-state index contributed by atoms with van der Waals surface area (Å²) in [5.41, 5.74) is 0. The van der Waals surface area contributed by atoms with Crippen molar-refractivity contribution in [2.24, 2.45) is 0 Å². The summed E-state index contributed by atoms with van der Waals surface area (Å²) in [6.07, 6.45) is -8.90. The summed E-state index contributed by atoms with van der Waals surface area (Å²) < 4.78 is 89.2. The van der Waals surface area contributed by atoms with E-state index in [0.717, 1.165) is 0 Å². The normalized spacial score (nSPS) is 14.6. The van der Waals surface area contributed by atoms with Gasteiger partial charge in [0.1, 0.15) is 6.42 Å². The molecule has 0 aliphatic heterocycles. The highest BCUT2D eigenvalue weighted by Crippen LogP contribution is 2.51. The molecule has 0 aliphatic carbocycles. The Morgan fingerprint density at radius 2 is 1.39 bits per heavy atom. The Labute approximate surface area is 95.0 Å². The van der Waals surface area contributed by atoms with Crippen LogP contribution >= 0.6 is 0 Å². The van der Waals surface area contributed by atoms with Gasteiger partial charge >= 0.3 is 24.0 Å². The second-order valence-corrected chi connectivity index (χ2v) is 3.22. The number of methoxy groups -OCH3 is 1. The van der Waals surface area contributed by atoms with Gasteiger partial charge in [-0.05, 0) is 0 Å². The zero-order valence-corrected chi connectivity index (χ0v) is 8.56. The first-order chi connectivity index (χ1) is 7.70. The fourth-order valence-corrected chi connectivity index (χ4v) is 0.814. The number of carbonyl (C=O) groups excluding carboxylic acids is 1. The van der Waals surface area contributed by atoms with Gasteiger partial charge in [-0.2, -0.15) is 30.7 Å². The fourth-order valence-electron chi connectivity index (χ4n) is 0.814. The third kappa shape index (κ3) is 2.66. The van der Waals surface area contributed by atoms with E-state index in [2.05, 4.69) is 4.74 Å². The summed E-state index contributed by atoms with van der Waals surface area (Å²) in [6, 6.07) is 0. The van der Waals surface area contributed by atoms with Crippen LogP contribution in [0.1, 0.15) is 6.42 Å². The van der Waals surface area contributed by atoms with Crippen molar-refractivity contribution in [2.45, 2.75) is 30.2 Å². The average molecular weight is 288 g/mol. The van der Waals surface area contributed by atoms with Crippen LogP contribution in [0.5, 0.6) is 0 Å². The molecular weight excluding hydrogens is 281 g/mol. The van der Waals surface area contributed by atoms with Crippen LogP contribution in [0.4, 0.5) is 30.7 Å². The van der Waals surface area contributed by atoms with Gasteiger partial charge in [-0.25, -0.2) is 0 Å². The Bertz CT molecular complexity index is 322. The molecule has 0 saturated heterocycles. The summed E-state index contributed by atoms with van der Waals surface area (Å²) in [6.45, 7) is 0. The maximum absolute atomic E-state index is 12.8. The van der Waals surface area contributed by atoms with Crippen LogP contribution in [-0.4, -0.2) is 47.1 Å². The maximum atomic E-state index is 12.8. The molecule has 0 fully saturated rings. The minimum absolute atomic E-state index is 0.582. The van der Waals surface area contributed by atoms with E-state index >= 15 is 0 Å². The van der Waals surface area contributed by atoms with Crippen molar-refractivity contribution in [1.29, 1.82) is 0 Å². The van der Waals surface area contributed by atoms with Crippen molar-refractivity contribution in [1.82, 2.24) is 0 Å². The van der Waals surface area contributed by atoms with Crippen molar-refractivity contribution in [3.8, 4) is 0 Å². The molecule has 108 valence electrons. The molecule has 0 atom stereocenters. The van der Waals surface area contributed by atoms with Crippen molar-refractivity contribution in [3.05, 3.63) is 0 Å². The topological polar surface area (TPSA) is 66.8 Å². The number of carbonyl (C=O) groups is 1. The van der Waals surface area contributed by atoms with Gasteiger partial charge in [-0.1, -0.05) is 0 Å². The zero-order valence-electron chi connectivity index (χ0n) is 8.56. The lowest BCUT2D eigenvalue weighted by molar-refractivity contribution is -0.421. The molecule has 0 spiro atoms. The first-order valence-electron chi connectivity index (χ1n) is 4.04. The molecule has 0 aromatic rings. The van der Waals surface area contributed by atoms with Crippen LogP contribution in [0.25, 0.3) is 0 Å². The molecule has 0 rings (SSSR count). The van der Waals surface area contributed by atoms with Gasteiger partial charge in [0.15, 0.2) is 0 Å². The SMILES string of the molecule is COC(=O)CC(O)(O)C(F)(F)C(F)(F)C(F)(F)F. The molecule has 4 nitrogen and oxygen atoms in total. The Kier molecular flexibility index (Phi) is 4.26. The van der Waals surface area contributed by atoms with Crippen molar-refractivity contribution < 1.29 is 50.5 Å². The molecule has 0 heterocycles. The monoisotopic (exact) mass is 288 g/mol. The molecule has 18 heavy (non-hydrogen) atoms. The van der Waals surface area contributed by atoms with E-state index in [1.165, 1.54) is 0 Å². The second kappa shape index (κ2) is 4.53. The molecule has 0 amide bonds. The van der Waals surface area contributed by atoms with Crippen LogP contribution in [0, 0.1) is 0 Å². The minimum atomic E-state index is -6.74. The predicted molar refractivity (Wildman–Crippen MR) is 39.8 cm³/mol. The van der Waals surface area contributed by atoms with Crippen LogP contribution < -0.4 is 0 Å². The smallest absolute Gasteiger partial charge is 0.460 e. The Morgan fingerprint density at radius 1 is 1.00 bits per heavy atom. The molecule has 0 aliphatic rings. The van der Waals surface area contributed by atoms with Crippen LogP contribution in [0.15, 0.2) is 0 Å². The van der Waals surface area contributed by atoms with E-state index in [4.69, 9.17) is 10.2 Å². The van der Waals surface area contributed by atoms with E-state index in [9.17, 15) is 35.5 Å². The Hall–Kier alpha value is -1.10. The summed E-state index contributed by atoms with van der Waals surface area (Å²) in [4.78, 5) is 10.4. The fraction of sp³-hybridized carbons (Fsp3) is 0.857. The zero-order chi connectivity index (χ0) is 15.0. The summed E-state index contributed by atoms with van der Waals surface area (Å²) in [5.74, 6) is -19.8. The standard InChI is InChI=1S/C7H7F7O4/c1-18-3(15)2-4(16,17)5(8,9)6(10,11)7(12,13)14/h16-17H,2H2,1H3. The van der Waals surface area contributed by atoms with Gasteiger partial charge in [-0.15, -0.1) is 0 Å². The summed E-state index contributed by atoms with van der Waals surface area (Å²) >= 11 is 0. The molecule has 0 bridgehead atoms. The quantitative estimate of drug-likeness (QED) is 0.461. The van der Waals surface area contributed by atoms with Gasteiger partial charge in [0.2, 0.25) is 5.79 Å². The van der Waals surface area contributed by atoms with Crippen LogP contribution in [0.3, 0.4) is 0 Å². The maximum Gasteiger partial charge on any atom is 0.460 e. The average Bonchev–Trinajstić information content (AvgIpc) is 2.14. The molecule has 0 aromatic carbocycles. The number of aliphatic hydroxyl groups is 2. The lowest BCUT2D eigenvalue weighted by Gasteiger charge is -2.35. The molecule has 2 N–H and O–H groups in total. The predicted octanol–water partition coefficient (Wildman–Crippen LogP) is 1.06.